The molecule has 0 spiro atoms. The highest BCUT2D eigenvalue weighted by atomic mass is 35.5. The molecule has 1 aromatic rings. The van der Waals surface area contributed by atoms with Gasteiger partial charge in [0.05, 0.1) is 18.5 Å². The molecule has 11 heavy (non-hydrogen) atoms. The molecule has 0 atom stereocenters. The first-order chi connectivity index (χ1) is 5.22. The zero-order valence-corrected chi connectivity index (χ0v) is 6.24. The third kappa shape index (κ3) is 2.44. The normalized spacial score (nSPS) is 10.1. The predicted octanol–water partition coefficient (Wildman–Crippen LogP) is 2.64. The van der Waals surface area contributed by atoms with Crippen LogP contribution in [0.4, 0.5) is 8.78 Å². The summed E-state index contributed by atoms with van der Waals surface area (Å²) in [6.07, 6.45) is 0. The van der Waals surface area contributed by atoms with E-state index in [2.05, 4.69) is 4.29 Å². The van der Waals surface area contributed by atoms with Crippen molar-refractivity contribution in [3.8, 4) is 0 Å². The molecule has 0 aliphatic heterocycles. The summed E-state index contributed by atoms with van der Waals surface area (Å²) < 4.78 is 29.0. The molecule has 0 heterocycles. The van der Waals surface area contributed by atoms with Crippen LogP contribution in [0.5, 0.6) is 0 Å². The Hall–Kier alpha value is -0.670. The smallest absolute Gasteiger partial charge is 0.126 e. The summed E-state index contributed by atoms with van der Waals surface area (Å²) in [5.41, 5.74) is 0.373. The first-order valence-corrected chi connectivity index (χ1v) is 3.22. The minimum atomic E-state index is -0.631. The first-order valence-electron chi connectivity index (χ1n) is 2.91. The Bertz CT molecular complexity index is 232. The SMILES string of the molecule is Fc1cc(F)cc(COCl)c1. The van der Waals surface area contributed by atoms with Gasteiger partial charge in [-0.05, 0) is 17.7 Å². The summed E-state index contributed by atoms with van der Waals surface area (Å²) in [7, 11) is 0. The molecule has 0 aromatic heterocycles. The van der Waals surface area contributed by atoms with Gasteiger partial charge in [0.2, 0.25) is 0 Å². The maximum absolute atomic E-state index is 12.4. The molecule has 60 valence electrons. The fourth-order valence-corrected chi connectivity index (χ4v) is 0.883. The van der Waals surface area contributed by atoms with E-state index in [1.807, 2.05) is 0 Å². The Labute approximate surface area is 67.7 Å². The van der Waals surface area contributed by atoms with Gasteiger partial charge in [0.25, 0.3) is 0 Å². The lowest BCUT2D eigenvalue weighted by Gasteiger charge is -1.97. The van der Waals surface area contributed by atoms with Crippen molar-refractivity contribution in [3.63, 3.8) is 0 Å². The fourth-order valence-electron chi connectivity index (χ4n) is 0.757. The van der Waals surface area contributed by atoms with Crippen LogP contribution in [-0.4, -0.2) is 0 Å². The molecule has 0 radical (unpaired) electrons. The molecule has 0 fully saturated rings. The molecule has 1 nitrogen and oxygen atoms in total. The maximum Gasteiger partial charge on any atom is 0.126 e. The number of benzene rings is 1. The van der Waals surface area contributed by atoms with Crippen molar-refractivity contribution in [1.29, 1.82) is 0 Å². The van der Waals surface area contributed by atoms with E-state index in [1.165, 1.54) is 0 Å². The van der Waals surface area contributed by atoms with Gasteiger partial charge in [-0.3, -0.25) is 4.29 Å². The third-order valence-corrected chi connectivity index (χ3v) is 1.25. The van der Waals surface area contributed by atoms with E-state index in [1.54, 1.807) is 0 Å². The minimum Gasteiger partial charge on any atom is -0.274 e. The van der Waals surface area contributed by atoms with E-state index in [0.29, 0.717) is 5.56 Å². The highest BCUT2D eigenvalue weighted by Crippen LogP contribution is 2.09. The van der Waals surface area contributed by atoms with E-state index in [4.69, 9.17) is 11.9 Å². The molecule has 0 unspecified atom stereocenters. The number of halogens is 3. The third-order valence-electron chi connectivity index (χ3n) is 1.14. The van der Waals surface area contributed by atoms with Gasteiger partial charge < -0.3 is 0 Å². The summed E-state index contributed by atoms with van der Waals surface area (Å²) in [5, 5.41) is 0. The second-order valence-electron chi connectivity index (χ2n) is 2.03. The van der Waals surface area contributed by atoms with E-state index >= 15 is 0 Å². The van der Waals surface area contributed by atoms with Crippen LogP contribution < -0.4 is 0 Å². The maximum atomic E-state index is 12.4. The molecular weight excluding hydrogens is 174 g/mol. The van der Waals surface area contributed by atoms with Crippen LogP contribution in [0.2, 0.25) is 0 Å². The lowest BCUT2D eigenvalue weighted by Crippen LogP contribution is -1.88. The van der Waals surface area contributed by atoms with Crippen LogP contribution >= 0.6 is 11.9 Å². The molecule has 0 saturated heterocycles. The van der Waals surface area contributed by atoms with Crippen molar-refractivity contribution in [1.82, 2.24) is 0 Å². The molecule has 0 amide bonds. The Morgan fingerprint density at radius 1 is 1.18 bits per heavy atom. The number of rotatable bonds is 2. The fraction of sp³-hybridized carbons (Fsp3) is 0.143. The van der Waals surface area contributed by atoms with Gasteiger partial charge in [-0.1, -0.05) is 0 Å². The Morgan fingerprint density at radius 2 is 1.73 bits per heavy atom. The van der Waals surface area contributed by atoms with Gasteiger partial charge in [0.1, 0.15) is 11.6 Å². The van der Waals surface area contributed by atoms with Crippen molar-refractivity contribution < 1.29 is 13.1 Å². The van der Waals surface area contributed by atoms with Crippen LogP contribution in [0.3, 0.4) is 0 Å². The molecule has 0 aliphatic carbocycles. The highest BCUT2D eigenvalue weighted by molar-refractivity contribution is 6.07. The molecule has 0 bridgehead atoms. The Morgan fingerprint density at radius 3 is 2.18 bits per heavy atom. The zero-order valence-electron chi connectivity index (χ0n) is 5.48. The summed E-state index contributed by atoms with van der Waals surface area (Å²) in [4.78, 5) is 0. The van der Waals surface area contributed by atoms with Crippen LogP contribution in [0, 0.1) is 11.6 Å². The average Bonchev–Trinajstić information content (AvgIpc) is 1.85. The van der Waals surface area contributed by atoms with E-state index in [9.17, 15) is 8.78 Å². The van der Waals surface area contributed by atoms with Crippen LogP contribution in [-0.2, 0) is 10.9 Å². The van der Waals surface area contributed by atoms with Gasteiger partial charge in [-0.15, -0.1) is 0 Å². The number of hydrogen-bond acceptors (Lipinski definition) is 1. The molecule has 0 saturated carbocycles. The summed E-state index contributed by atoms with van der Waals surface area (Å²) in [6.45, 7) is -0.00373. The van der Waals surface area contributed by atoms with Crippen molar-refractivity contribution >= 4 is 11.9 Å². The Kier molecular flexibility index (Phi) is 2.79. The van der Waals surface area contributed by atoms with Gasteiger partial charge in [-0.25, -0.2) is 8.78 Å². The zero-order chi connectivity index (χ0) is 8.27. The van der Waals surface area contributed by atoms with Gasteiger partial charge in [-0.2, -0.15) is 0 Å². The monoisotopic (exact) mass is 178 g/mol. The lowest BCUT2D eigenvalue weighted by atomic mass is 10.2. The molecule has 1 rings (SSSR count). The largest absolute Gasteiger partial charge is 0.274 e. The quantitative estimate of drug-likeness (QED) is 0.677. The van der Waals surface area contributed by atoms with Gasteiger partial charge in [0, 0.05) is 6.07 Å². The topological polar surface area (TPSA) is 9.23 Å². The lowest BCUT2D eigenvalue weighted by molar-refractivity contribution is 0.339. The van der Waals surface area contributed by atoms with Crippen molar-refractivity contribution in [2.24, 2.45) is 0 Å². The standard InChI is InChI=1S/C7H5ClF2O/c8-11-4-5-1-6(9)3-7(10)2-5/h1-3H,4H2. The van der Waals surface area contributed by atoms with E-state index < -0.39 is 11.6 Å². The van der Waals surface area contributed by atoms with Crippen LogP contribution in [0.25, 0.3) is 0 Å². The van der Waals surface area contributed by atoms with E-state index in [0.717, 1.165) is 18.2 Å². The first kappa shape index (κ1) is 8.43. The average molecular weight is 179 g/mol. The van der Waals surface area contributed by atoms with Crippen molar-refractivity contribution in [2.45, 2.75) is 6.61 Å². The van der Waals surface area contributed by atoms with E-state index in [-0.39, 0.29) is 6.61 Å². The Balaban J connectivity index is 2.89. The molecule has 1 aromatic carbocycles. The molecule has 0 N–H and O–H groups in total. The van der Waals surface area contributed by atoms with Crippen LogP contribution in [0.1, 0.15) is 5.56 Å². The summed E-state index contributed by atoms with van der Waals surface area (Å²) in [6, 6.07) is 3.11. The molecule has 4 heteroatoms. The summed E-state index contributed by atoms with van der Waals surface area (Å²) >= 11 is 4.90. The predicted molar refractivity (Wildman–Crippen MR) is 37.0 cm³/mol. The second-order valence-corrected chi connectivity index (χ2v) is 2.25. The minimum absolute atomic E-state index is 0.00373. The van der Waals surface area contributed by atoms with Gasteiger partial charge >= 0.3 is 0 Å². The molecule has 0 aliphatic rings. The second kappa shape index (κ2) is 3.64. The highest BCUT2D eigenvalue weighted by Gasteiger charge is 1.99. The van der Waals surface area contributed by atoms with Crippen LogP contribution in [0.15, 0.2) is 18.2 Å². The summed E-state index contributed by atoms with van der Waals surface area (Å²) in [5.74, 6) is -1.26. The van der Waals surface area contributed by atoms with Crippen molar-refractivity contribution in [2.75, 3.05) is 0 Å². The number of hydrogen-bond donors (Lipinski definition) is 0. The molecular formula is C7H5ClF2O. The van der Waals surface area contributed by atoms with Gasteiger partial charge in [0.15, 0.2) is 0 Å². The van der Waals surface area contributed by atoms with Crippen molar-refractivity contribution in [3.05, 3.63) is 35.4 Å².